The molecule has 0 spiro atoms. The number of aromatic nitrogens is 1. The molecular formula is C27H35N5OS. The van der Waals surface area contributed by atoms with E-state index in [0.717, 1.165) is 50.5 Å². The van der Waals surface area contributed by atoms with Crippen molar-refractivity contribution in [3.8, 4) is 0 Å². The smallest absolute Gasteiger partial charge is 0.315 e. The maximum absolute atomic E-state index is 12.2. The summed E-state index contributed by atoms with van der Waals surface area (Å²) in [4.78, 5) is 17.3. The van der Waals surface area contributed by atoms with E-state index in [9.17, 15) is 4.79 Å². The third-order valence-corrected chi connectivity index (χ3v) is 8.18. The summed E-state index contributed by atoms with van der Waals surface area (Å²) in [6.07, 6.45) is 5.89. The van der Waals surface area contributed by atoms with Crippen LogP contribution >= 0.6 is 11.5 Å². The summed E-state index contributed by atoms with van der Waals surface area (Å²) in [7, 11) is 0. The zero-order valence-electron chi connectivity index (χ0n) is 19.8. The molecule has 2 fully saturated rings. The van der Waals surface area contributed by atoms with Gasteiger partial charge < -0.3 is 15.5 Å². The van der Waals surface area contributed by atoms with Gasteiger partial charge in [-0.15, -0.1) is 0 Å². The molecule has 2 N–H and O–H groups in total. The number of benzene rings is 2. The van der Waals surface area contributed by atoms with E-state index in [0.29, 0.717) is 12.6 Å². The van der Waals surface area contributed by atoms with E-state index in [1.54, 1.807) is 11.5 Å². The lowest BCUT2D eigenvalue weighted by molar-refractivity contribution is 0.205. The molecule has 0 unspecified atom stereocenters. The molecule has 0 radical (unpaired) electrons. The van der Waals surface area contributed by atoms with Gasteiger partial charge in [0.1, 0.15) is 5.82 Å². The van der Waals surface area contributed by atoms with E-state index in [4.69, 9.17) is 4.37 Å². The van der Waals surface area contributed by atoms with Crippen molar-refractivity contribution < 1.29 is 4.79 Å². The quantitative estimate of drug-likeness (QED) is 0.510. The van der Waals surface area contributed by atoms with Gasteiger partial charge in [-0.25, -0.2) is 4.79 Å². The second-order valence-corrected chi connectivity index (χ2v) is 10.5. The lowest BCUT2D eigenvalue weighted by Crippen LogP contribution is -2.47. The summed E-state index contributed by atoms with van der Waals surface area (Å²) in [5.41, 5.74) is 1.13. The largest absolute Gasteiger partial charge is 0.353 e. The summed E-state index contributed by atoms with van der Waals surface area (Å²) in [5, 5.41) is 7.45. The second kappa shape index (κ2) is 11.2. The summed E-state index contributed by atoms with van der Waals surface area (Å²) in [6, 6.07) is 18.9. The number of nitrogens with zero attached hydrogens (tertiary/aromatic N) is 3. The molecule has 1 aliphatic carbocycles. The van der Waals surface area contributed by atoms with Gasteiger partial charge in [0.05, 0.1) is 4.70 Å². The van der Waals surface area contributed by atoms with Gasteiger partial charge in [0.25, 0.3) is 0 Å². The normalized spacial score (nSPS) is 21.5. The average molecular weight is 478 g/mol. The number of rotatable bonds is 7. The number of urea groups is 1. The van der Waals surface area contributed by atoms with E-state index in [2.05, 4.69) is 44.7 Å². The number of carbonyl (C=O) groups excluding carboxylic acids is 1. The predicted molar refractivity (Wildman–Crippen MR) is 140 cm³/mol. The molecule has 180 valence electrons. The molecule has 3 aromatic rings. The fraction of sp³-hybridized carbons (Fsp3) is 0.481. The van der Waals surface area contributed by atoms with Crippen LogP contribution in [-0.4, -0.2) is 54.1 Å². The van der Waals surface area contributed by atoms with Crippen molar-refractivity contribution >= 4 is 33.5 Å². The molecular weight excluding hydrogens is 442 g/mol. The van der Waals surface area contributed by atoms with Crippen molar-refractivity contribution in [2.75, 3.05) is 37.6 Å². The standard InChI is InChI=1S/C27H35N5OS/c33-27(28-20-22-6-2-1-3-7-22)29-23-12-10-21(11-13-23)14-15-31-16-18-32(19-17-31)26-24-8-4-5-9-25(24)34-30-26/h1-9,21,23H,10-20H2,(H2,28,29,33). The van der Waals surface area contributed by atoms with Crippen LogP contribution in [0.1, 0.15) is 37.7 Å². The molecule has 2 aromatic carbocycles. The molecule has 1 saturated carbocycles. The molecule has 2 amide bonds. The summed E-state index contributed by atoms with van der Waals surface area (Å²) in [6.45, 7) is 6.11. The zero-order valence-corrected chi connectivity index (χ0v) is 20.6. The lowest BCUT2D eigenvalue weighted by atomic mass is 9.84. The van der Waals surface area contributed by atoms with Gasteiger partial charge in [-0.05, 0) is 73.8 Å². The first-order chi connectivity index (χ1) is 16.7. The van der Waals surface area contributed by atoms with E-state index < -0.39 is 0 Å². The fourth-order valence-corrected chi connectivity index (χ4v) is 6.05. The first-order valence-corrected chi connectivity index (χ1v) is 13.4. The molecule has 1 aromatic heterocycles. The Labute approximate surface area is 206 Å². The van der Waals surface area contributed by atoms with Crippen molar-refractivity contribution in [3.63, 3.8) is 0 Å². The van der Waals surface area contributed by atoms with Crippen molar-refractivity contribution in [1.29, 1.82) is 0 Å². The number of nitrogens with one attached hydrogen (secondary N) is 2. The van der Waals surface area contributed by atoms with Crippen LogP contribution in [0.2, 0.25) is 0 Å². The molecule has 2 aliphatic rings. The minimum Gasteiger partial charge on any atom is -0.353 e. The lowest BCUT2D eigenvalue weighted by Gasteiger charge is -2.36. The maximum atomic E-state index is 12.2. The van der Waals surface area contributed by atoms with Crippen LogP contribution in [0, 0.1) is 5.92 Å². The number of fused-ring (bicyclic) bond motifs is 1. The van der Waals surface area contributed by atoms with Crippen LogP contribution in [0.3, 0.4) is 0 Å². The number of hydrogen-bond acceptors (Lipinski definition) is 5. The molecule has 0 bridgehead atoms. The van der Waals surface area contributed by atoms with Crippen LogP contribution in [-0.2, 0) is 6.54 Å². The van der Waals surface area contributed by atoms with E-state index in [1.807, 2.05) is 30.3 Å². The molecule has 1 saturated heterocycles. The highest BCUT2D eigenvalue weighted by molar-refractivity contribution is 7.13. The molecule has 7 heteroatoms. The topological polar surface area (TPSA) is 60.5 Å². The Balaban J connectivity index is 0.981. The van der Waals surface area contributed by atoms with E-state index >= 15 is 0 Å². The number of amides is 2. The Morgan fingerprint density at radius 2 is 1.68 bits per heavy atom. The Bertz CT molecular complexity index is 1060. The number of carbonyl (C=O) groups is 1. The highest BCUT2D eigenvalue weighted by Gasteiger charge is 2.25. The Morgan fingerprint density at radius 1 is 0.941 bits per heavy atom. The maximum Gasteiger partial charge on any atom is 0.315 e. The van der Waals surface area contributed by atoms with E-state index in [1.165, 1.54) is 41.7 Å². The summed E-state index contributed by atoms with van der Waals surface area (Å²) < 4.78 is 6.01. The van der Waals surface area contributed by atoms with Crippen LogP contribution in [0.15, 0.2) is 54.6 Å². The van der Waals surface area contributed by atoms with Gasteiger partial charge in [0, 0.05) is 44.2 Å². The van der Waals surface area contributed by atoms with Crippen LogP contribution < -0.4 is 15.5 Å². The van der Waals surface area contributed by atoms with Gasteiger partial charge in [0.15, 0.2) is 0 Å². The average Bonchev–Trinajstić information content (AvgIpc) is 3.32. The number of hydrogen-bond donors (Lipinski definition) is 2. The monoisotopic (exact) mass is 477 g/mol. The van der Waals surface area contributed by atoms with Crippen molar-refractivity contribution in [2.45, 2.75) is 44.7 Å². The van der Waals surface area contributed by atoms with E-state index in [-0.39, 0.29) is 6.03 Å². The Hall–Kier alpha value is -2.64. The molecule has 6 nitrogen and oxygen atoms in total. The van der Waals surface area contributed by atoms with Crippen molar-refractivity contribution in [3.05, 3.63) is 60.2 Å². The van der Waals surface area contributed by atoms with Crippen LogP contribution in [0.4, 0.5) is 10.6 Å². The highest BCUT2D eigenvalue weighted by atomic mass is 32.1. The van der Waals surface area contributed by atoms with Crippen LogP contribution in [0.25, 0.3) is 10.1 Å². The third kappa shape index (κ3) is 5.88. The van der Waals surface area contributed by atoms with Gasteiger partial charge in [0.2, 0.25) is 0 Å². The highest BCUT2D eigenvalue weighted by Crippen LogP contribution is 2.30. The molecule has 1 aliphatic heterocycles. The van der Waals surface area contributed by atoms with Gasteiger partial charge in [-0.2, -0.15) is 4.37 Å². The minimum absolute atomic E-state index is 0.0435. The van der Waals surface area contributed by atoms with Crippen LogP contribution in [0.5, 0.6) is 0 Å². The van der Waals surface area contributed by atoms with Crippen molar-refractivity contribution in [2.24, 2.45) is 5.92 Å². The number of anilines is 1. The van der Waals surface area contributed by atoms with Gasteiger partial charge >= 0.3 is 6.03 Å². The van der Waals surface area contributed by atoms with Crippen molar-refractivity contribution in [1.82, 2.24) is 19.9 Å². The van der Waals surface area contributed by atoms with Gasteiger partial charge in [-0.1, -0.05) is 42.5 Å². The second-order valence-electron chi connectivity index (χ2n) is 9.65. The molecule has 2 heterocycles. The molecule has 5 rings (SSSR count). The minimum atomic E-state index is -0.0435. The first kappa shape index (κ1) is 23.1. The predicted octanol–water partition coefficient (Wildman–Crippen LogP) is 4.87. The third-order valence-electron chi connectivity index (χ3n) is 7.36. The molecule has 34 heavy (non-hydrogen) atoms. The Morgan fingerprint density at radius 3 is 2.47 bits per heavy atom. The summed E-state index contributed by atoms with van der Waals surface area (Å²) in [5.74, 6) is 1.95. The first-order valence-electron chi connectivity index (χ1n) is 12.6. The SMILES string of the molecule is O=C(NCc1ccccc1)NC1CCC(CCN2CCN(c3nsc4ccccc34)CC2)CC1. The number of piperazine rings is 1. The Kier molecular flexibility index (Phi) is 7.61. The summed E-state index contributed by atoms with van der Waals surface area (Å²) >= 11 is 1.61. The molecule has 0 atom stereocenters. The van der Waals surface area contributed by atoms with Gasteiger partial charge in [-0.3, -0.25) is 4.90 Å². The fourth-order valence-electron chi connectivity index (χ4n) is 5.26. The zero-order chi connectivity index (χ0) is 23.2.